The molecule has 0 unspecified atom stereocenters. The number of nitrogens with one attached hydrogen (secondary N) is 1. The first kappa shape index (κ1) is 19.1. The summed E-state index contributed by atoms with van der Waals surface area (Å²) in [5.41, 5.74) is 1.55. The number of ketones is 1. The second-order valence-electron chi connectivity index (χ2n) is 8.01. The van der Waals surface area contributed by atoms with Crippen LogP contribution >= 0.6 is 0 Å². The van der Waals surface area contributed by atoms with E-state index in [1.807, 2.05) is 24.3 Å². The molecule has 0 spiro atoms. The molecule has 2 heterocycles. The fourth-order valence-electron chi connectivity index (χ4n) is 3.85. The molecule has 7 heteroatoms. The quantitative estimate of drug-likeness (QED) is 0.707. The van der Waals surface area contributed by atoms with Crippen LogP contribution in [0.15, 0.2) is 24.3 Å². The third-order valence-corrected chi connectivity index (χ3v) is 5.72. The fraction of sp³-hybridized carbons (Fsp3) is 0.571. The van der Waals surface area contributed by atoms with E-state index in [0.717, 1.165) is 57.7 Å². The Kier molecular flexibility index (Phi) is 5.73. The lowest BCUT2D eigenvalue weighted by molar-refractivity contribution is -0.122. The van der Waals surface area contributed by atoms with E-state index in [1.54, 1.807) is 4.90 Å². The van der Waals surface area contributed by atoms with Crippen molar-refractivity contribution in [2.75, 3.05) is 50.7 Å². The molecule has 2 saturated heterocycles. The Morgan fingerprint density at radius 1 is 0.929 bits per heavy atom. The number of amides is 2. The molecule has 150 valence electrons. The van der Waals surface area contributed by atoms with Crippen LogP contribution < -0.4 is 10.2 Å². The third kappa shape index (κ3) is 4.77. The van der Waals surface area contributed by atoms with Gasteiger partial charge >= 0.3 is 0 Å². The number of Topliss-reactive ketones (excluding diaryl/α,β-unsaturated/α-hetero) is 1. The van der Waals surface area contributed by atoms with Crippen LogP contribution in [0.25, 0.3) is 0 Å². The van der Waals surface area contributed by atoms with Gasteiger partial charge in [0, 0.05) is 56.4 Å². The van der Waals surface area contributed by atoms with Crippen molar-refractivity contribution in [2.24, 2.45) is 0 Å². The number of nitrogens with zero attached hydrogens (tertiary/aromatic N) is 3. The van der Waals surface area contributed by atoms with Gasteiger partial charge < -0.3 is 10.2 Å². The number of piperazine rings is 1. The number of rotatable bonds is 7. The van der Waals surface area contributed by atoms with E-state index in [0.29, 0.717) is 31.1 Å². The Labute approximate surface area is 165 Å². The van der Waals surface area contributed by atoms with E-state index in [2.05, 4.69) is 15.1 Å². The Morgan fingerprint density at radius 2 is 1.57 bits per heavy atom. The molecule has 2 aliphatic heterocycles. The summed E-state index contributed by atoms with van der Waals surface area (Å²) < 4.78 is 0. The molecule has 1 N–H and O–H groups in total. The van der Waals surface area contributed by atoms with Gasteiger partial charge in [-0.25, -0.2) is 0 Å². The topological polar surface area (TPSA) is 73.0 Å². The monoisotopic (exact) mass is 384 g/mol. The summed E-state index contributed by atoms with van der Waals surface area (Å²) in [5.74, 6) is 0.366. The minimum atomic E-state index is 0.0965. The van der Waals surface area contributed by atoms with E-state index in [-0.39, 0.29) is 17.6 Å². The van der Waals surface area contributed by atoms with Gasteiger partial charge in [0.2, 0.25) is 11.8 Å². The lowest BCUT2D eigenvalue weighted by Gasteiger charge is -2.33. The number of benzene rings is 1. The van der Waals surface area contributed by atoms with Crippen molar-refractivity contribution in [3.05, 3.63) is 29.8 Å². The fourth-order valence-corrected chi connectivity index (χ4v) is 3.85. The number of carbonyl (C=O) groups excluding carboxylic acids is 3. The smallest absolute Gasteiger partial charge is 0.234 e. The summed E-state index contributed by atoms with van der Waals surface area (Å²) in [6.45, 7) is 4.81. The minimum absolute atomic E-state index is 0.0965. The molecule has 3 fully saturated rings. The van der Waals surface area contributed by atoms with E-state index < -0.39 is 0 Å². The van der Waals surface area contributed by atoms with Crippen LogP contribution in [0.1, 0.15) is 36.0 Å². The first-order valence-electron chi connectivity index (χ1n) is 10.3. The SMILES string of the molecule is O=C(CN1CCN(CC(=O)c2ccc(N3CCCC3=O)cc2)CC1)NC1CC1. The Bertz CT molecular complexity index is 737. The van der Waals surface area contributed by atoms with Crippen LogP contribution in [0.3, 0.4) is 0 Å². The Morgan fingerprint density at radius 3 is 2.14 bits per heavy atom. The first-order valence-corrected chi connectivity index (χ1v) is 10.3. The van der Waals surface area contributed by atoms with Crippen molar-refractivity contribution < 1.29 is 14.4 Å². The summed E-state index contributed by atoms with van der Waals surface area (Å²) in [4.78, 5) is 42.4. The van der Waals surface area contributed by atoms with Gasteiger partial charge in [-0.3, -0.25) is 24.2 Å². The molecule has 1 aromatic rings. The summed E-state index contributed by atoms with van der Waals surface area (Å²) in [6.07, 6.45) is 3.72. The zero-order chi connectivity index (χ0) is 19.5. The second kappa shape index (κ2) is 8.41. The molecular formula is C21H28N4O3. The molecule has 28 heavy (non-hydrogen) atoms. The molecule has 0 bridgehead atoms. The predicted molar refractivity (Wildman–Crippen MR) is 106 cm³/mol. The van der Waals surface area contributed by atoms with Crippen molar-refractivity contribution in [1.82, 2.24) is 15.1 Å². The average Bonchev–Trinajstić information content (AvgIpc) is 3.40. The molecule has 1 aromatic carbocycles. The van der Waals surface area contributed by atoms with Crippen LogP contribution in [0.5, 0.6) is 0 Å². The molecule has 4 rings (SSSR count). The van der Waals surface area contributed by atoms with E-state index in [1.165, 1.54) is 0 Å². The summed E-state index contributed by atoms with van der Waals surface area (Å²) in [7, 11) is 0. The van der Waals surface area contributed by atoms with Crippen molar-refractivity contribution in [2.45, 2.75) is 31.7 Å². The zero-order valence-corrected chi connectivity index (χ0v) is 16.2. The maximum atomic E-state index is 12.6. The number of anilines is 1. The maximum Gasteiger partial charge on any atom is 0.234 e. The standard InChI is InChI=1S/C21H28N4O3/c26-19(16-3-7-18(8-4-16)25-9-1-2-21(25)28)14-23-10-12-24(13-11-23)15-20(27)22-17-5-6-17/h3-4,7-8,17H,1-2,5-6,9-15H2,(H,22,27). The average molecular weight is 384 g/mol. The van der Waals surface area contributed by atoms with Crippen LogP contribution in [0.2, 0.25) is 0 Å². The lowest BCUT2D eigenvalue weighted by atomic mass is 10.1. The van der Waals surface area contributed by atoms with Gasteiger partial charge in [-0.2, -0.15) is 0 Å². The Balaban J connectivity index is 1.23. The van der Waals surface area contributed by atoms with E-state index in [4.69, 9.17) is 0 Å². The lowest BCUT2D eigenvalue weighted by Crippen LogP contribution is -2.50. The highest BCUT2D eigenvalue weighted by Crippen LogP contribution is 2.22. The van der Waals surface area contributed by atoms with Crippen molar-refractivity contribution >= 4 is 23.3 Å². The molecule has 0 radical (unpaired) electrons. The highest BCUT2D eigenvalue weighted by atomic mass is 16.2. The van der Waals surface area contributed by atoms with Crippen molar-refractivity contribution in [3.63, 3.8) is 0 Å². The highest BCUT2D eigenvalue weighted by Gasteiger charge is 2.26. The summed E-state index contributed by atoms with van der Waals surface area (Å²) in [6, 6.07) is 7.78. The number of carbonyl (C=O) groups is 3. The van der Waals surface area contributed by atoms with Gasteiger partial charge in [0.25, 0.3) is 0 Å². The van der Waals surface area contributed by atoms with Gasteiger partial charge in [-0.1, -0.05) is 0 Å². The molecule has 0 aromatic heterocycles. The van der Waals surface area contributed by atoms with Crippen LogP contribution in [-0.2, 0) is 9.59 Å². The molecule has 3 aliphatic rings. The second-order valence-corrected chi connectivity index (χ2v) is 8.01. The van der Waals surface area contributed by atoms with Crippen LogP contribution in [0.4, 0.5) is 5.69 Å². The normalized spacial score (nSPS) is 21.1. The largest absolute Gasteiger partial charge is 0.352 e. The molecule has 1 saturated carbocycles. The molecular weight excluding hydrogens is 356 g/mol. The first-order chi connectivity index (χ1) is 13.6. The molecule has 1 aliphatic carbocycles. The minimum Gasteiger partial charge on any atom is -0.352 e. The van der Waals surface area contributed by atoms with Gasteiger partial charge in [-0.15, -0.1) is 0 Å². The molecule has 0 atom stereocenters. The number of hydrogen-bond acceptors (Lipinski definition) is 5. The van der Waals surface area contributed by atoms with Crippen LogP contribution in [-0.4, -0.2) is 79.3 Å². The maximum absolute atomic E-state index is 12.6. The molecule has 2 amide bonds. The third-order valence-electron chi connectivity index (χ3n) is 5.72. The van der Waals surface area contributed by atoms with Crippen molar-refractivity contribution in [1.29, 1.82) is 0 Å². The molecule has 7 nitrogen and oxygen atoms in total. The Hall–Kier alpha value is -2.25. The predicted octanol–water partition coefficient (Wildman–Crippen LogP) is 0.892. The zero-order valence-electron chi connectivity index (χ0n) is 16.2. The van der Waals surface area contributed by atoms with E-state index >= 15 is 0 Å². The number of hydrogen-bond donors (Lipinski definition) is 1. The van der Waals surface area contributed by atoms with E-state index in [9.17, 15) is 14.4 Å². The van der Waals surface area contributed by atoms with Crippen LogP contribution in [0, 0.1) is 0 Å². The van der Waals surface area contributed by atoms with Gasteiger partial charge in [0.05, 0.1) is 13.1 Å². The van der Waals surface area contributed by atoms with Gasteiger partial charge in [0.15, 0.2) is 5.78 Å². The summed E-state index contributed by atoms with van der Waals surface area (Å²) in [5, 5.41) is 3.02. The highest BCUT2D eigenvalue weighted by molar-refractivity contribution is 5.99. The van der Waals surface area contributed by atoms with Crippen molar-refractivity contribution in [3.8, 4) is 0 Å². The van der Waals surface area contributed by atoms with Gasteiger partial charge in [0.1, 0.15) is 0 Å². The van der Waals surface area contributed by atoms with Gasteiger partial charge in [-0.05, 0) is 43.5 Å². The summed E-state index contributed by atoms with van der Waals surface area (Å²) >= 11 is 0.